The van der Waals surface area contributed by atoms with E-state index in [-0.39, 0.29) is 6.04 Å². The van der Waals surface area contributed by atoms with E-state index in [1.54, 1.807) is 23.1 Å². The van der Waals surface area contributed by atoms with Crippen LogP contribution in [-0.4, -0.2) is 10.7 Å². The maximum Gasteiger partial charge on any atom is 0.150 e. The lowest BCUT2D eigenvalue weighted by atomic mass is 10.0. The smallest absolute Gasteiger partial charge is 0.150 e. The van der Waals surface area contributed by atoms with E-state index in [0.717, 1.165) is 22.2 Å². The van der Waals surface area contributed by atoms with Crippen LogP contribution in [-0.2, 0) is 6.42 Å². The second kappa shape index (κ2) is 7.08. The Morgan fingerprint density at radius 1 is 1.32 bits per heavy atom. The summed E-state index contributed by atoms with van der Waals surface area (Å²) in [6.45, 7) is 4.22. The SMILES string of the molecule is CCCc1ccc(C(N)CSc2nc(C)cs2)cc1. The minimum atomic E-state index is 0.0740. The van der Waals surface area contributed by atoms with E-state index in [0.29, 0.717) is 0 Å². The summed E-state index contributed by atoms with van der Waals surface area (Å²) >= 11 is 3.43. The Hall–Kier alpha value is -0.840. The molecule has 1 aromatic heterocycles. The summed E-state index contributed by atoms with van der Waals surface area (Å²) in [6.07, 6.45) is 2.33. The number of benzene rings is 1. The zero-order chi connectivity index (χ0) is 13.7. The van der Waals surface area contributed by atoms with Gasteiger partial charge >= 0.3 is 0 Å². The van der Waals surface area contributed by atoms with Gasteiger partial charge in [0.15, 0.2) is 0 Å². The Bertz CT molecular complexity index is 505. The molecule has 1 atom stereocenters. The van der Waals surface area contributed by atoms with E-state index >= 15 is 0 Å². The molecule has 2 N–H and O–H groups in total. The predicted octanol–water partition coefficient (Wildman–Crippen LogP) is 4.20. The van der Waals surface area contributed by atoms with Gasteiger partial charge in [-0.05, 0) is 24.5 Å². The Kier molecular flexibility index (Phi) is 5.43. The van der Waals surface area contributed by atoms with Crippen molar-refractivity contribution in [2.24, 2.45) is 5.73 Å². The molecule has 0 spiro atoms. The highest BCUT2D eigenvalue weighted by Gasteiger charge is 2.08. The van der Waals surface area contributed by atoms with Gasteiger partial charge in [0.2, 0.25) is 0 Å². The van der Waals surface area contributed by atoms with Gasteiger partial charge in [0.05, 0.1) is 0 Å². The number of thiazole rings is 1. The number of rotatable bonds is 6. The van der Waals surface area contributed by atoms with Crippen LogP contribution in [0.5, 0.6) is 0 Å². The average Bonchev–Trinajstić information content (AvgIpc) is 2.83. The van der Waals surface area contributed by atoms with E-state index in [2.05, 4.69) is 41.6 Å². The molecule has 0 amide bonds. The minimum Gasteiger partial charge on any atom is -0.323 e. The zero-order valence-electron chi connectivity index (χ0n) is 11.4. The first kappa shape index (κ1) is 14.6. The van der Waals surface area contributed by atoms with E-state index in [1.807, 2.05) is 6.92 Å². The monoisotopic (exact) mass is 292 g/mol. The van der Waals surface area contributed by atoms with Crippen LogP contribution in [0.15, 0.2) is 34.0 Å². The van der Waals surface area contributed by atoms with Gasteiger partial charge in [-0.1, -0.05) is 49.4 Å². The van der Waals surface area contributed by atoms with Crippen LogP contribution in [0.1, 0.15) is 36.2 Å². The fourth-order valence-corrected chi connectivity index (χ4v) is 3.74. The molecule has 102 valence electrons. The van der Waals surface area contributed by atoms with Gasteiger partial charge < -0.3 is 5.73 Å². The molecule has 1 heterocycles. The van der Waals surface area contributed by atoms with Gasteiger partial charge in [-0.2, -0.15) is 0 Å². The molecular weight excluding hydrogens is 272 g/mol. The summed E-state index contributed by atoms with van der Waals surface area (Å²) in [7, 11) is 0. The van der Waals surface area contributed by atoms with Gasteiger partial charge in [0.1, 0.15) is 4.34 Å². The van der Waals surface area contributed by atoms with Crippen LogP contribution in [0, 0.1) is 6.92 Å². The topological polar surface area (TPSA) is 38.9 Å². The molecule has 2 rings (SSSR count). The molecule has 1 aromatic carbocycles. The molecule has 0 fully saturated rings. The Morgan fingerprint density at radius 3 is 2.63 bits per heavy atom. The summed E-state index contributed by atoms with van der Waals surface area (Å²) < 4.78 is 1.11. The zero-order valence-corrected chi connectivity index (χ0v) is 13.1. The van der Waals surface area contributed by atoms with Crippen LogP contribution in [0.3, 0.4) is 0 Å². The lowest BCUT2D eigenvalue weighted by Crippen LogP contribution is -2.12. The number of hydrogen-bond donors (Lipinski definition) is 1. The van der Waals surface area contributed by atoms with Crippen molar-refractivity contribution in [2.75, 3.05) is 5.75 Å². The highest BCUT2D eigenvalue weighted by atomic mass is 32.2. The molecule has 0 aliphatic carbocycles. The Morgan fingerprint density at radius 2 is 2.05 bits per heavy atom. The van der Waals surface area contributed by atoms with Crippen molar-refractivity contribution in [1.29, 1.82) is 0 Å². The lowest BCUT2D eigenvalue weighted by molar-refractivity contribution is 0.827. The number of aromatic nitrogens is 1. The first-order chi connectivity index (χ1) is 9.19. The van der Waals surface area contributed by atoms with Crippen LogP contribution < -0.4 is 5.73 Å². The van der Waals surface area contributed by atoms with Crippen LogP contribution >= 0.6 is 23.1 Å². The predicted molar refractivity (Wildman–Crippen MR) is 84.9 cm³/mol. The lowest BCUT2D eigenvalue weighted by Gasteiger charge is -2.11. The van der Waals surface area contributed by atoms with Gasteiger partial charge in [-0.25, -0.2) is 4.98 Å². The second-order valence-electron chi connectivity index (χ2n) is 4.66. The second-order valence-corrected chi connectivity index (χ2v) is 6.79. The van der Waals surface area contributed by atoms with Crippen LogP contribution in [0.2, 0.25) is 0 Å². The fourth-order valence-electron chi connectivity index (χ4n) is 1.88. The summed E-state index contributed by atoms with van der Waals surface area (Å²) in [5.74, 6) is 0.875. The molecule has 0 aliphatic heterocycles. The van der Waals surface area contributed by atoms with Crippen molar-refractivity contribution >= 4 is 23.1 Å². The van der Waals surface area contributed by atoms with Gasteiger partial charge in [-0.3, -0.25) is 0 Å². The van der Waals surface area contributed by atoms with Crippen LogP contribution in [0.4, 0.5) is 0 Å². The van der Waals surface area contributed by atoms with Crippen LogP contribution in [0.25, 0.3) is 0 Å². The maximum absolute atomic E-state index is 6.23. The largest absolute Gasteiger partial charge is 0.323 e. The standard InChI is InChI=1S/C15H20N2S2/c1-3-4-12-5-7-13(8-6-12)14(16)10-19-15-17-11(2)9-18-15/h5-9,14H,3-4,10,16H2,1-2H3. The summed E-state index contributed by atoms with van der Waals surface area (Å²) in [6, 6.07) is 8.77. The third-order valence-electron chi connectivity index (χ3n) is 2.93. The number of hydrogen-bond acceptors (Lipinski definition) is 4. The Labute approximate surface area is 123 Å². The van der Waals surface area contributed by atoms with E-state index in [9.17, 15) is 0 Å². The molecule has 0 bridgehead atoms. The molecule has 0 aliphatic rings. The van der Waals surface area contributed by atoms with E-state index < -0.39 is 0 Å². The van der Waals surface area contributed by atoms with E-state index in [4.69, 9.17) is 5.73 Å². The minimum absolute atomic E-state index is 0.0740. The van der Waals surface area contributed by atoms with Crippen molar-refractivity contribution in [3.8, 4) is 0 Å². The molecule has 4 heteroatoms. The number of nitrogens with two attached hydrogens (primary N) is 1. The first-order valence-electron chi connectivity index (χ1n) is 6.58. The van der Waals surface area contributed by atoms with E-state index in [1.165, 1.54) is 17.5 Å². The number of thioether (sulfide) groups is 1. The molecular formula is C15H20N2S2. The third-order valence-corrected chi connectivity index (χ3v) is 5.19. The van der Waals surface area contributed by atoms with Gasteiger partial charge in [0, 0.05) is 22.9 Å². The molecule has 0 saturated carbocycles. The molecule has 2 aromatic rings. The number of aryl methyl sites for hydroxylation is 2. The van der Waals surface area contributed by atoms with Gasteiger partial charge in [0.25, 0.3) is 0 Å². The van der Waals surface area contributed by atoms with Crippen molar-refractivity contribution in [3.05, 3.63) is 46.5 Å². The molecule has 1 unspecified atom stereocenters. The van der Waals surface area contributed by atoms with Crippen molar-refractivity contribution in [3.63, 3.8) is 0 Å². The molecule has 2 nitrogen and oxygen atoms in total. The quantitative estimate of drug-likeness (QED) is 0.811. The molecule has 19 heavy (non-hydrogen) atoms. The number of nitrogens with zero attached hydrogens (tertiary/aromatic N) is 1. The summed E-state index contributed by atoms with van der Waals surface area (Å²) in [4.78, 5) is 4.44. The van der Waals surface area contributed by atoms with Crippen molar-refractivity contribution < 1.29 is 0 Å². The van der Waals surface area contributed by atoms with Crippen molar-refractivity contribution in [2.45, 2.75) is 37.1 Å². The highest BCUT2D eigenvalue weighted by molar-refractivity contribution is 8.01. The van der Waals surface area contributed by atoms with Crippen molar-refractivity contribution in [1.82, 2.24) is 4.98 Å². The average molecular weight is 292 g/mol. The van der Waals surface area contributed by atoms with Gasteiger partial charge in [-0.15, -0.1) is 11.3 Å². The normalized spacial score (nSPS) is 12.6. The fraction of sp³-hybridized carbons (Fsp3) is 0.400. The maximum atomic E-state index is 6.23. The molecule has 0 saturated heterocycles. The third kappa shape index (κ3) is 4.34. The highest BCUT2D eigenvalue weighted by Crippen LogP contribution is 2.26. The summed E-state index contributed by atoms with van der Waals surface area (Å²) in [5, 5.41) is 2.08. The summed E-state index contributed by atoms with van der Waals surface area (Å²) in [5.41, 5.74) is 9.92. The first-order valence-corrected chi connectivity index (χ1v) is 8.45. The molecule has 0 radical (unpaired) electrons. The Balaban J connectivity index is 1.90.